The molecule has 2 aromatic carbocycles. The molecule has 0 atom stereocenters. The van der Waals surface area contributed by atoms with Crippen LogP contribution in [0, 0.1) is 5.82 Å². The Morgan fingerprint density at radius 2 is 1.70 bits per heavy atom. The number of carbonyl (C=O) groups excluding carboxylic acids is 1. The highest BCUT2D eigenvalue weighted by atomic mass is 79.9. The number of halogens is 2. The van der Waals surface area contributed by atoms with Gasteiger partial charge in [-0.15, -0.1) is 0 Å². The van der Waals surface area contributed by atoms with E-state index in [-0.39, 0.29) is 11.7 Å². The van der Waals surface area contributed by atoms with Gasteiger partial charge in [-0.1, -0.05) is 38.1 Å². The second kappa shape index (κ2) is 11.0. The third kappa shape index (κ3) is 6.13. The van der Waals surface area contributed by atoms with Crippen molar-refractivity contribution in [1.29, 1.82) is 0 Å². The van der Waals surface area contributed by atoms with Crippen molar-refractivity contribution >= 4 is 27.5 Å². The number of benzene rings is 2. The summed E-state index contributed by atoms with van der Waals surface area (Å²) in [7, 11) is 0. The lowest BCUT2D eigenvalue weighted by molar-refractivity contribution is -0.117. The van der Waals surface area contributed by atoms with E-state index in [1.165, 1.54) is 17.2 Å². The van der Waals surface area contributed by atoms with Gasteiger partial charge in [0.05, 0.1) is 11.0 Å². The molecule has 0 radical (unpaired) electrons. The first-order valence-corrected chi connectivity index (χ1v) is 11.6. The molecule has 6 heteroatoms. The molecule has 1 amide bonds. The van der Waals surface area contributed by atoms with E-state index < -0.39 is 0 Å². The molecule has 1 saturated heterocycles. The van der Waals surface area contributed by atoms with E-state index in [0.717, 1.165) is 63.2 Å². The lowest BCUT2D eigenvalue weighted by Gasteiger charge is -2.22. The van der Waals surface area contributed by atoms with Crippen molar-refractivity contribution in [2.24, 2.45) is 0 Å². The largest absolute Gasteiger partial charge is 0.324 e. The van der Waals surface area contributed by atoms with Crippen molar-refractivity contribution in [1.82, 2.24) is 9.80 Å². The number of anilines is 1. The molecule has 1 aliphatic rings. The van der Waals surface area contributed by atoms with Crippen molar-refractivity contribution in [3.8, 4) is 0 Å². The number of hydrogen-bond donors (Lipinski definition) is 1. The van der Waals surface area contributed by atoms with Gasteiger partial charge < -0.3 is 5.32 Å². The molecule has 1 fully saturated rings. The van der Waals surface area contributed by atoms with Crippen molar-refractivity contribution in [3.63, 3.8) is 0 Å². The maximum Gasteiger partial charge on any atom is 0.238 e. The molecular formula is C24H31BrFN3O. The SMILES string of the molecule is CCc1cccc(CC)c1NC(=O)CN1CCCN(Cc2ccc(F)c(Br)c2)CC1. The average molecular weight is 476 g/mol. The van der Waals surface area contributed by atoms with Crippen molar-refractivity contribution in [2.75, 3.05) is 38.0 Å². The number of nitrogens with zero attached hydrogens (tertiary/aromatic N) is 2. The Morgan fingerprint density at radius 1 is 1.03 bits per heavy atom. The van der Waals surface area contributed by atoms with Crippen LogP contribution in [0.1, 0.15) is 37.0 Å². The first-order chi connectivity index (χ1) is 14.5. The molecule has 3 rings (SSSR count). The molecule has 162 valence electrons. The van der Waals surface area contributed by atoms with Gasteiger partial charge in [-0.25, -0.2) is 4.39 Å². The van der Waals surface area contributed by atoms with E-state index in [1.54, 1.807) is 0 Å². The van der Waals surface area contributed by atoms with Crippen LogP contribution < -0.4 is 5.32 Å². The number of rotatable bonds is 7. The maximum absolute atomic E-state index is 13.5. The molecule has 0 spiro atoms. The van der Waals surface area contributed by atoms with Gasteiger partial charge in [-0.3, -0.25) is 14.6 Å². The Bertz CT molecular complexity index is 851. The van der Waals surface area contributed by atoms with E-state index >= 15 is 0 Å². The Labute approximate surface area is 187 Å². The van der Waals surface area contributed by atoms with Crippen molar-refractivity contribution in [2.45, 2.75) is 39.7 Å². The van der Waals surface area contributed by atoms with Gasteiger partial charge in [-0.05, 0) is 77.1 Å². The Morgan fingerprint density at radius 3 is 2.37 bits per heavy atom. The second-order valence-corrected chi connectivity index (χ2v) is 8.72. The van der Waals surface area contributed by atoms with Gasteiger partial charge in [0.25, 0.3) is 0 Å². The summed E-state index contributed by atoms with van der Waals surface area (Å²) >= 11 is 3.26. The zero-order chi connectivity index (χ0) is 21.5. The van der Waals surface area contributed by atoms with E-state index in [4.69, 9.17) is 0 Å². The minimum absolute atomic E-state index is 0.0570. The Kier molecular flexibility index (Phi) is 8.42. The third-order valence-electron chi connectivity index (χ3n) is 5.70. The lowest BCUT2D eigenvalue weighted by Crippen LogP contribution is -2.36. The fourth-order valence-corrected chi connectivity index (χ4v) is 4.45. The van der Waals surface area contributed by atoms with Gasteiger partial charge in [0.2, 0.25) is 5.91 Å². The summed E-state index contributed by atoms with van der Waals surface area (Å²) in [4.78, 5) is 17.4. The molecule has 2 aromatic rings. The van der Waals surface area contributed by atoms with Crippen LogP contribution in [-0.4, -0.2) is 48.4 Å². The first-order valence-electron chi connectivity index (χ1n) is 10.8. The summed E-state index contributed by atoms with van der Waals surface area (Å²) in [5, 5.41) is 3.18. The van der Waals surface area contributed by atoms with Crippen LogP contribution >= 0.6 is 15.9 Å². The van der Waals surface area contributed by atoms with Gasteiger partial charge in [0.15, 0.2) is 0 Å². The number of amides is 1. The summed E-state index contributed by atoms with van der Waals surface area (Å²) in [5.41, 5.74) is 4.47. The summed E-state index contributed by atoms with van der Waals surface area (Å²) in [6, 6.07) is 11.4. The van der Waals surface area contributed by atoms with E-state index in [2.05, 4.69) is 63.1 Å². The lowest BCUT2D eigenvalue weighted by atomic mass is 10.0. The maximum atomic E-state index is 13.5. The van der Waals surface area contributed by atoms with Crippen LogP contribution in [0.25, 0.3) is 0 Å². The number of carbonyl (C=O) groups is 1. The van der Waals surface area contributed by atoms with E-state index in [1.807, 2.05) is 12.1 Å². The Hall–Kier alpha value is -1.76. The predicted octanol–water partition coefficient (Wildman–Crippen LogP) is 4.86. The molecule has 1 N–H and O–H groups in total. The van der Waals surface area contributed by atoms with E-state index in [0.29, 0.717) is 11.0 Å². The standard InChI is InChI=1S/C24H31BrFN3O/c1-3-19-7-5-8-20(4-2)24(19)27-23(30)17-29-12-6-11-28(13-14-29)16-18-9-10-22(26)21(25)15-18/h5,7-10,15H,3-4,6,11-14,16-17H2,1-2H3,(H,27,30). The van der Waals surface area contributed by atoms with Crippen LogP contribution in [0.2, 0.25) is 0 Å². The molecule has 0 aliphatic carbocycles. The van der Waals surface area contributed by atoms with Crippen LogP contribution in [0.15, 0.2) is 40.9 Å². The monoisotopic (exact) mass is 475 g/mol. The van der Waals surface area contributed by atoms with Crippen molar-refractivity contribution in [3.05, 3.63) is 63.4 Å². The zero-order valence-electron chi connectivity index (χ0n) is 17.9. The summed E-state index contributed by atoms with van der Waals surface area (Å²) < 4.78 is 14.0. The second-order valence-electron chi connectivity index (χ2n) is 7.86. The topological polar surface area (TPSA) is 35.6 Å². The highest BCUT2D eigenvalue weighted by molar-refractivity contribution is 9.10. The molecule has 1 aliphatic heterocycles. The fraction of sp³-hybridized carbons (Fsp3) is 0.458. The quantitative estimate of drug-likeness (QED) is 0.620. The number of hydrogen-bond acceptors (Lipinski definition) is 3. The van der Waals surface area contributed by atoms with Crippen LogP contribution in [0.5, 0.6) is 0 Å². The molecule has 1 heterocycles. The molecule has 0 bridgehead atoms. The summed E-state index contributed by atoms with van der Waals surface area (Å²) in [5.74, 6) is -0.177. The average Bonchev–Trinajstić information content (AvgIpc) is 2.95. The smallest absolute Gasteiger partial charge is 0.238 e. The van der Waals surface area contributed by atoms with Gasteiger partial charge in [0.1, 0.15) is 5.82 Å². The van der Waals surface area contributed by atoms with Gasteiger partial charge >= 0.3 is 0 Å². The molecule has 0 unspecified atom stereocenters. The highest BCUT2D eigenvalue weighted by Gasteiger charge is 2.18. The summed E-state index contributed by atoms with van der Waals surface area (Å²) in [6.45, 7) is 9.08. The molecule has 0 saturated carbocycles. The van der Waals surface area contributed by atoms with Crippen LogP contribution in [-0.2, 0) is 24.2 Å². The number of aryl methyl sites for hydroxylation is 2. The highest BCUT2D eigenvalue weighted by Crippen LogP contribution is 2.23. The third-order valence-corrected chi connectivity index (χ3v) is 6.31. The van der Waals surface area contributed by atoms with E-state index in [9.17, 15) is 9.18 Å². The Balaban J connectivity index is 1.55. The predicted molar refractivity (Wildman–Crippen MR) is 124 cm³/mol. The minimum Gasteiger partial charge on any atom is -0.324 e. The van der Waals surface area contributed by atoms with Crippen molar-refractivity contribution < 1.29 is 9.18 Å². The zero-order valence-corrected chi connectivity index (χ0v) is 19.5. The first kappa shape index (κ1) is 22.9. The molecular weight excluding hydrogens is 445 g/mol. The van der Waals surface area contributed by atoms with Gasteiger partial charge in [-0.2, -0.15) is 0 Å². The molecule has 0 aromatic heterocycles. The van der Waals surface area contributed by atoms with Crippen LogP contribution in [0.4, 0.5) is 10.1 Å². The fourth-order valence-electron chi connectivity index (χ4n) is 4.02. The van der Waals surface area contributed by atoms with Crippen LogP contribution in [0.3, 0.4) is 0 Å². The number of nitrogens with one attached hydrogen (secondary N) is 1. The van der Waals surface area contributed by atoms with Gasteiger partial charge in [0, 0.05) is 25.3 Å². The number of para-hydroxylation sites is 1. The molecule has 4 nitrogen and oxygen atoms in total. The molecule has 30 heavy (non-hydrogen) atoms. The minimum atomic E-state index is -0.234. The normalized spacial score (nSPS) is 15.7. The summed E-state index contributed by atoms with van der Waals surface area (Å²) in [6.07, 6.45) is 2.82.